The highest BCUT2D eigenvalue weighted by Crippen LogP contribution is 2.28. The number of nitrogen functional groups attached to an aromatic ring is 1. The van der Waals surface area contributed by atoms with Gasteiger partial charge in [-0.05, 0) is 30.7 Å². The molecular formula is C20H21ClN6O2. The van der Waals surface area contributed by atoms with Crippen molar-refractivity contribution in [2.24, 2.45) is 0 Å². The number of halogens is 1. The van der Waals surface area contributed by atoms with Crippen LogP contribution >= 0.6 is 11.6 Å². The molecule has 0 unspecified atom stereocenters. The molecule has 150 valence electrons. The highest BCUT2D eigenvalue weighted by Gasteiger charge is 2.15. The molecule has 29 heavy (non-hydrogen) atoms. The van der Waals surface area contributed by atoms with Gasteiger partial charge in [0.25, 0.3) is 0 Å². The van der Waals surface area contributed by atoms with Gasteiger partial charge < -0.3 is 21.1 Å². The highest BCUT2D eigenvalue weighted by molar-refractivity contribution is 6.30. The Labute approximate surface area is 173 Å². The number of carbonyl (C=O) groups excluding carboxylic acids is 1. The molecule has 4 N–H and O–H groups in total. The van der Waals surface area contributed by atoms with Crippen LogP contribution in [0.4, 0.5) is 23.0 Å². The van der Waals surface area contributed by atoms with Crippen LogP contribution < -0.4 is 16.0 Å². The quantitative estimate of drug-likeness (QED) is 0.545. The Morgan fingerprint density at radius 1 is 1.28 bits per heavy atom. The number of nitrogens with two attached hydrogens (primary N) is 1. The SMILES string of the molecule is CC(=O)N(CCCO)c1cnc(N)c(-c2cncc(Nc3cccc(Cl)c3)n2)c1. The van der Waals surface area contributed by atoms with E-state index in [0.717, 1.165) is 5.69 Å². The molecule has 1 amide bonds. The minimum atomic E-state index is -0.154. The summed E-state index contributed by atoms with van der Waals surface area (Å²) in [4.78, 5) is 26.5. The van der Waals surface area contributed by atoms with Crippen molar-refractivity contribution in [1.82, 2.24) is 15.0 Å². The summed E-state index contributed by atoms with van der Waals surface area (Å²) in [5, 5.41) is 12.8. The van der Waals surface area contributed by atoms with Crippen molar-refractivity contribution >= 4 is 40.5 Å². The van der Waals surface area contributed by atoms with Crippen molar-refractivity contribution in [2.45, 2.75) is 13.3 Å². The maximum Gasteiger partial charge on any atom is 0.223 e. The van der Waals surface area contributed by atoms with Crippen LogP contribution in [0.25, 0.3) is 11.3 Å². The van der Waals surface area contributed by atoms with Crippen LogP contribution in [0.1, 0.15) is 13.3 Å². The number of pyridine rings is 1. The number of aromatic nitrogens is 3. The van der Waals surface area contributed by atoms with Crippen LogP contribution in [0.5, 0.6) is 0 Å². The smallest absolute Gasteiger partial charge is 0.223 e. The van der Waals surface area contributed by atoms with Crippen LogP contribution in [-0.2, 0) is 4.79 Å². The molecule has 9 heteroatoms. The zero-order valence-electron chi connectivity index (χ0n) is 15.8. The van der Waals surface area contributed by atoms with Gasteiger partial charge in [-0.1, -0.05) is 17.7 Å². The Morgan fingerprint density at radius 3 is 2.83 bits per heavy atom. The van der Waals surface area contributed by atoms with E-state index >= 15 is 0 Å². The van der Waals surface area contributed by atoms with Crippen LogP contribution in [0.15, 0.2) is 48.9 Å². The van der Waals surface area contributed by atoms with Crippen molar-refractivity contribution in [1.29, 1.82) is 0 Å². The van der Waals surface area contributed by atoms with Gasteiger partial charge in [0.15, 0.2) is 0 Å². The summed E-state index contributed by atoms with van der Waals surface area (Å²) < 4.78 is 0. The minimum Gasteiger partial charge on any atom is -0.396 e. The maximum atomic E-state index is 12.0. The van der Waals surface area contributed by atoms with E-state index in [1.165, 1.54) is 18.0 Å². The molecule has 0 radical (unpaired) electrons. The normalized spacial score (nSPS) is 10.6. The Hall–Kier alpha value is -3.23. The largest absolute Gasteiger partial charge is 0.396 e. The van der Waals surface area contributed by atoms with E-state index in [2.05, 4.69) is 20.3 Å². The van der Waals surface area contributed by atoms with E-state index in [1.54, 1.807) is 30.6 Å². The second-order valence-electron chi connectivity index (χ2n) is 6.30. The number of aliphatic hydroxyl groups excluding tert-OH is 1. The first-order valence-electron chi connectivity index (χ1n) is 8.97. The molecule has 0 aliphatic carbocycles. The third kappa shape index (κ3) is 5.18. The monoisotopic (exact) mass is 412 g/mol. The summed E-state index contributed by atoms with van der Waals surface area (Å²) >= 11 is 6.02. The Kier molecular flexibility index (Phi) is 6.58. The Morgan fingerprint density at radius 2 is 2.10 bits per heavy atom. The molecule has 0 saturated carbocycles. The number of anilines is 4. The van der Waals surface area contributed by atoms with E-state index in [9.17, 15) is 4.79 Å². The molecule has 3 rings (SSSR count). The Bertz CT molecular complexity index is 1010. The van der Waals surface area contributed by atoms with Crippen LogP contribution in [0.2, 0.25) is 5.02 Å². The number of benzene rings is 1. The van der Waals surface area contributed by atoms with Crippen molar-refractivity contribution < 1.29 is 9.90 Å². The molecule has 0 atom stereocenters. The predicted octanol–water partition coefficient (Wildman–Crippen LogP) is 3.25. The number of rotatable bonds is 7. The minimum absolute atomic E-state index is 0.0122. The number of amides is 1. The predicted molar refractivity (Wildman–Crippen MR) is 114 cm³/mol. The van der Waals surface area contributed by atoms with Gasteiger partial charge >= 0.3 is 0 Å². The molecule has 0 aliphatic heterocycles. The van der Waals surface area contributed by atoms with E-state index in [1.807, 2.05) is 12.1 Å². The van der Waals surface area contributed by atoms with Crippen molar-refractivity contribution in [3.05, 3.63) is 53.9 Å². The summed E-state index contributed by atoms with van der Waals surface area (Å²) in [6.07, 6.45) is 5.14. The first-order chi connectivity index (χ1) is 14.0. The molecule has 0 bridgehead atoms. The maximum absolute atomic E-state index is 12.0. The highest BCUT2D eigenvalue weighted by atomic mass is 35.5. The number of hydrogen-bond donors (Lipinski definition) is 3. The third-order valence-corrected chi connectivity index (χ3v) is 4.38. The van der Waals surface area contributed by atoms with Gasteiger partial charge in [0.05, 0.1) is 30.0 Å². The molecular weight excluding hydrogens is 392 g/mol. The molecule has 0 aliphatic rings. The lowest BCUT2D eigenvalue weighted by Crippen LogP contribution is -2.30. The van der Waals surface area contributed by atoms with Gasteiger partial charge in [0.2, 0.25) is 5.91 Å². The van der Waals surface area contributed by atoms with Crippen LogP contribution in [-0.4, -0.2) is 39.1 Å². The van der Waals surface area contributed by atoms with Gasteiger partial charge in [0.1, 0.15) is 11.6 Å². The van der Waals surface area contributed by atoms with E-state index in [-0.39, 0.29) is 18.3 Å². The van der Waals surface area contributed by atoms with Crippen molar-refractivity contribution in [2.75, 3.05) is 29.1 Å². The van der Waals surface area contributed by atoms with Gasteiger partial charge in [-0.2, -0.15) is 0 Å². The second kappa shape index (κ2) is 9.31. The zero-order chi connectivity index (χ0) is 20.8. The summed E-state index contributed by atoms with van der Waals surface area (Å²) in [6, 6.07) is 9.00. The number of carbonyl (C=O) groups is 1. The van der Waals surface area contributed by atoms with Gasteiger partial charge in [-0.15, -0.1) is 0 Å². The average molecular weight is 413 g/mol. The van der Waals surface area contributed by atoms with E-state index in [0.29, 0.717) is 40.8 Å². The molecule has 0 spiro atoms. The summed E-state index contributed by atoms with van der Waals surface area (Å²) in [6.45, 7) is 1.82. The van der Waals surface area contributed by atoms with Crippen LogP contribution in [0, 0.1) is 0 Å². The van der Waals surface area contributed by atoms with E-state index < -0.39 is 0 Å². The summed E-state index contributed by atoms with van der Waals surface area (Å²) in [5.74, 6) is 0.630. The van der Waals surface area contributed by atoms with Crippen LogP contribution in [0.3, 0.4) is 0 Å². The lowest BCUT2D eigenvalue weighted by atomic mass is 10.1. The van der Waals surface area contributed by atoms with Gasteiger partial charge in [0, 0.05) is 36.3 Å². The van der Waals surface area contributed by atoms with E-state index in [4.69, 9.17) is 22.4 Å². The molecule has 3 aromatic rings. The summed E-state index contributed by atoms with van der Waals surface area (Å²) in [7, 11) is 0. The summed E-state index contributed by atoms with van der Waals surface area (Å²) in [5.41, 5.74) is 8.47. The molecule has 2 heterocycles. The van der Waals surface area contributed by atoms with Gasteiger partial charge in [-0.25, -0.2) is 9.97 Å². The molecule has 2 aromatic heterocycles. The third-order valence-electron chi connectivity index (χ3n) is 4.14. The van der Waals surface area contributed by atoms with Crippen molar-refractivity contribution in [3.8, 4) is 11.3 Å². The molecule has 0 fully saturated rings. The first-order valence-corrected chi connectivity index (χ1v) is 9.35. The first kappa shape index (κ1) is 20.5. The molecule has 0 saturated heterocycles. The molecule has 1 aromatic carbocycles. The Balaban J connectivity index is 1.92. The second-order valence-corrected chi connectivity index (χ2v) is 6.74. The number of aliphatic hydroxyl groups is 1. The van der Waals surface area contributed by atoms with Crippen molar-refractivity contribution in [3.63, 3.8) is 0 Å². The number of nitrogens with one attached hydrogen (secondary N) is 1. The van der Waals surface area contributed by atoms with Gasteiger partial charge in [-0.3, -0.25) is 9.78 Å². The zero-order valence-corrected chi connectivity index (χ0v) is 16.6. The fourth-order valence-electron chi connectivity index (χ4n) is 2.78. The lowest BCUT2D eigenvalue weighted by Gasteiger charge is -2.21. The fraction of sp³-hybridized carbons (Fsp3) is 0.200. The average Bonchev–Trinajstić information content (AvgIpc) is 2.69. The fourth-order valence-corrected chi connectivity index (χ4v) is 2.97. The molecule has 8 nitrogen and oxygen atoms in total. The number of nitrogens with zero attached hydrogens (tertiary/aromatic N) is 4. The number of hydrogen-bond acceptors (Lipinski definition) is 7. The standard InChI is InChI=1S/C20H21ClN6O2/c1-13(29)27(6-3-7-28)16-9-17(20(22)24-10-16)18-11-23-12-19(26-18)25-15-5-2-4-14(21)8-15/h2,4-5,8-12,28H,3,6-7H2,1H3,(H2,22,24)(H,25,26). The topological polar surface area (TPSA) is 117 Å². The lowest BCUT2D eigenvalue weighted by molar-refractivity contribution is -0.116.